The van der Waals surface area contributed by atoms with Gasteiger partial charge in [-0.2, -0.15) is 0 Å². The molecule has 0 saturated carbocycles. The van der Waals surface area contributed by atoms with E-state index in [9.17, 15) is 0 Å². The lowest BCUT2D eigenvalue weighted by Crippen LogP contribution is -2.01. The van der Waals surface area contributed by atoms with E-state index in [1.807, 2.05) is 6.07 Å². The first-order valence-electron chi connectivity index (χ1n) is 3.97. The van der Waals surface area contributed by atoms with Crippen molar-refractivity contribution in [2.45, 2.75) is 0 Å². The molecule has 7 nitrogen and oxygen atoms in total. The summed E-state index contributed by atoms with van der Waals surface area (Å²) in [7, 11) is 0. The van der Waals surface area contributed by atoms with E-state index in [-0.39, 0.29) is 0 Å². The molecule has 3 aromatic rings. The van der Waals surface area contributed by atoms with Gasteiger partial charge in [-0.05, 0) is 22.6 Å². The number of rotatable bonds is 1. The van der Waals surface area contributed by atoms with Gasteiger partial charge in [0.1, 0.15) is 6.33 Å². The van der Waals surface area contributed by atoms with E-state index in [0.29, 0.717) is 5.65 Å². The molecule has 0 aliphatic rings. The third-order valence-corrected chi connectivity index (χ3v) is 1.82. The number of fused-ring (bicyclic) bond motifs is 1. The molecule has 0 aliphatic carbocycles. The Morgan fingerprint density at radius 1 is 1.21 bits per heavy atom. The van der Waals surface area contributed by atoms with Crippen LogP contribution in [0, 0.1) is 0 Å². The summed E-state index contributed by atoms with van der Waals surface area (Å²) in [6.45, 7) is 0. The lowest BCUT2D eigenvalue weighted by Gasteiger charge is -1.98. The second-order valence-corrected chi connectivity index (χ2v) is 2.69. The molecule has 68 valence electrons. The van der Waals surface area contributed by atoms with Crippen LogP contribution in [-0.4, -0.2) is 34.8 Å². The molecule has 3 aromatic heterocycles. The highest BCUT2D eigenvalue weighted by molar-refractivity contribution is 5.36. The summed E-state index contributed by atoms with van der Waals surface area (Å²) >= 11 is 0. The standard InChI is InChI=1S/C7H5N7/c1-2-7(13-4-3-8-5-13)10-14-6(1)9-11-12-14/h1-5H. The third-order valence-electron chi connectivity index (χ3n) is 1.82. The first-order valence-corrected chi connectivity index (χ1v) is 3.97. The van der Waals surface area contributed by atoms with Crippen molar-refractivity contribution in [3.05, 3.63) is 30.9 Å². The maximum atomic E-state index is 4.18. The topological polar surface area (TPSA) is 73.8 Å². The largest absolute Gasteiger partial charge is 0.289 e. The summed E-state index contributed by atoms with van der Waals surface area (Å²) in [5.74, 6) is 0.724. The normalized spacial score (nSPS) is 10.9. The van der Waals surface area contributed by atoms with Gasteiger partial charge in [-0.3, -0.25) is 4.57 Å². The summed E-state index contributed by atoms with van der Waals surface area (Å²) in [5.41, 5.74) is 0.619. The van der Waals surface area contributed by atoms with Crippen molar-refractivity contribution in [2.24, 2.45) is 0 Å². The van der Waals surface area contributed by atoms with Crippen molar-refractivity contribution in [2.75, 3.05) is 0 Å². The number of tetrazole rings is 1. The molecule has 0 N–H and O–H groups in total. The molecule has 3 rings (SSSR count). The van der Waals surface area contributed by atoms with Gasteiger partial charge in [0, 0.05) is 12.4 Å². The first kappa shape index (κ1) is 7.13. The maximum Gasteiger partial charge on any atom is 0.200 e. The van der Waals surface area contributed by atoms with Gasteiger partial charge in [-0.15, -0.1) is 14.8 Å². The van der Waals surface area contributed by atoms with Gasteiger partial charge in [-0.1, -0.05) is 0 Å². The van der Waals surface area contributed by atoms with Crippen molar-refractivity contribution in [1.29, 1.82) is 0 Å². The first-order chi connectivity index (χ1) is 6.93. The zero-order valence-electron chi connectivity index (χ0n) is 7.02. The molecule has 0 spiro atoms. The predicted molar refractivity (Wildman–Crippen MR) is 45.7 cm³/mol. The second-order valence-electron chi connectivity index (χ2n) is 2.69. The van der Waals surface area contributed by atoms with Crippen molar-refractivity contribution in [3.8, 4) is 5.82 Å². The fraction of sp³-hybridized carbons (Fsp3) is 0. The monoisotopic (exact) mass is 187 g/mol. The molecule has 0 radical (unpaired) electrons. The van der Waals surface area contributed by atoms with Crippen LogP contribution in [0.1, 0.15) is 0 Å². The number of hydrogen-bond acceptors (Lipinski definition) is 5. The Hall–Kier alpha value is -2.31. The third kappa shape index (κ3) is 0.954. The van der Waals surface area contributed by atoms with Gasteiger partial charge in [0.15, 0.2) is 11.5 Å². The van der Waals surface area contributed by atoms with Crippen LogP contribution >= 0.6 is 0 Å². The van der Waals surface area contributed by atoms with Gasteiger partial charge in [0.25, 0.3) is 0 Å². The molecule has 7 heteroatoms. The van der Waals surface area contributed by atoms with E-state index in [1.54, 1.807) is 29.4 Å². The molecule has 0 bridgehead atoms. The Balaban J connectivity index is 2.23. The van der Waals surface area contributed by atoms with Crippen molar-refractivity contribution < 1.29 is 0 Å². The molecule has 3 heterocycles. The molecule has 14 heavy (non-hydrogen) atoms. The average Bonchev–Trinajstić information content (AvgIpc) is 2.88. The predicted octanol–water partition coefficient (Wildman–Crippen LogP) is -0.295. The van der Waals surface area contributed by atoms with Gasteiger partial charge < -0.3 is 0 Å². The minimum absolute atomic E-state index is 0.619. The molecule has 0 aliphatic heterocycles. The fourth-order valence-corrected chi connectivity index (χ4v) is 1.17. The summed E-state index contributed by atoms with van der Waals surface area (Å²) in [5, 5.41) is 15.1. The molecular weight excluding hydrogens is 182 g/mol. The molecule has 0 atom stereocenters. The average molecular weight is 187 g/mol. The number of aromatic nitrogens is 7. The van der Waals surface area contributed by atoms with Crippen LogP contribution in [0.3, 0.4) is 0 Å². The Bertz CT molecular complexity index is 552. The van der Waals surface area contributed by atoms with Gasteiger partial charge in [-0.25, -0.2) is 4.98 Å². The van der Waals surface area contributed by atoms with E-state index in [0.717, 1.165) is 5.82 Å². The minimum atomic E-state index is 0.619. The second kappa shape index (κ2) is 2.59. The van der Waals surface area contributed by atoms with E-state index < -0.39 is 0 Å². The minimum Gasteiger partial charge on any atom is -0.289 e. The summed E-state index contributed by atoms with van der Waals surface area (Å²) in [6, 6.07) is 3.62. The van der Waals surface area contributed by atoms with E-state index in [2.05, 4.69) is 25.6 Å². The highest BCUT2D eigenvalue weighted by Gasteiger charge is 2.01. The van der Waals surface area contributed by atoms with Crippen LogP contribution in [0.15, 0.2) is 30.9 Å². The Morgan fingerprint density at radius 2 is 2.21 bits per heavy atom. The smallest absolute Gasteiger partial charge is 0.200 e. The Labute approximate surface area is 78.0 Å². The molecule has 0 amide bonds. The van der Waals surface area contributed by atoms with Crippen molar-refractivity contribution in [1.82, 2.24) is 34.8 Å². The van der Waals surface area contributed by atoms with Crippen LogP contribution in [0.5, 0.6) is 0 Å². The van der Waals surface area contributed by atoms with Gasteiger partial charge >= 0.3 is 0 Å². The lowest BCUT2D eigenvalue weighted by molar-refractivity contribution is 0.718. The lowest BCUT2D eigenvalue weighted by atomic mass is 10.5. The molecular formula is C7H5N7. The highest BCUT2D eigenvalue weighted by Crippen LogP contribution is 2.03. The quantitative estimate of drug-likeness (QED) is 0.523. The van der Waals surface area contributed by atoms with Crippen LogP contribution in [-0.2, 0) is 0 Å². The van der Waals surface area contributed by atoms with E-state index in [4.69, 9.17) is 0 Å². The zero-order chi connectivity index (χ0) is 9.38. The summed E-state index contributed by atoms with van der Waals surface area (Å²) in [4.78, 5) is 3.93. The van der Waals surface area contributed by atoms with Crippen LogP contribution in [0.4, 0.5) is 0 Å². The number of hydrogen-bond donors (Lipinski definition) is 0. The van der Waals surface area contributed by atoms with Crippen molar-refractivity contribution in [3.63, 3.8) is 0 Å². The van der Waals surface area contributed by atoms with Crippen LogP contribution in [0.2, 0.25) is 0 Å². The van der Waals surface area contributed by atoms with Crippen molar-refractivity contribution >= 4 is 5.65 Å². The summed E-state index contributed by atoms with van der Waals surface area (Å²) < 4.78 is 3.15. The molecule has 0 unspecified atom stereocenters. The van der Waals surface area contributed by atoms with E-state index in [1.165, 1.54) is 4.63 Å². The Kier molecular flexibility index (Phi) is 1.32. The van der Waals surface area contributed by atoms with E-state index >= 15 is 0 Å². The van der Waals surface area contributed by atoms with Crippen LogP contribution in [0.25, 0.3) is 11.5 Å². The number of nitrogens with zero attached hydrogens (tertiary/aromatic N) is 7. The number of imidazole rings is 1. The molecule has 0 aromatic carbocycles. The maximum absolute atomic E-state index is 4.18. The summed E-state index contributed by atoms with van der Waals surface area (Å²) in [6.07, 6.45) is 5.16. The zero-order valence-corrected chi connectivity index (χ0v) is 7.02. The fourth-order valence-electron chi connectivity index (χ4n) is 1.17. The Morgan fingerprint density at radius 3 is 3.07 bits per heavy atom. The van der Waals surface area contributed by atoms with Gasteiger partial charge in [0.05, 0.1) is 0 Å². The SMILES string of the molecule is c1cn(-c2ccc3nnnn3n2)cn1. The van der Waals surface area contributed by atoms with Gasteiger partial charge in [0.2, 0.25) is 0 Å². The van der Waals surface area contributed by atoms with Crippen LogP contribution < -0.4 is 0 Å². The highest BCUT2D eigenvalue weighted by atomic mass is 15.6. The molecule has 0 fully saturated rings. The molecule has 0 saturated heterocycles.